The number of aliphatic carboxylic acids is 1. The minimum Gasteiger partial charge on any atom is -0.480 e. The van der Waals surface area contributed by atoms with Crippen LogP contribution in [0.3, 0.4) is 0 Å². The number of hydrogen-bond acceptors (Lipinski definition) is 8. The molecule has 9 heteroatoms. The maximum Gasteiger partial charge on any atom is 0.317 e. The predicted octanol–water partition coefficient (Wildman–Crippen LogP) is -3.39. The van der Waals surface area contributed by atoms with Crippen molar-refractivity contribution in [3.8, 4) is 0 Å². The third kappa shape index (κ3) is 8.27. The number of β-amino-alcohol motifs (C(OH)–C–C–N with tert-alkyl or cyclic N) is 4. The molecule has 1 fully saturated rings. The first kappa shape index (κ1) is 18.2. The highest BCUT2D eigenvalue weighted by molar-refractivity contribution is 5.69. The van der Waals surface area contributed by atoms with Crippen molar-refractivity contribution in [2.75, 3.05) is 58.9 Å². The normalized spacial score (nSPS) is 20.5. The molecule has 1 rings (SSSR count). The van der Waals surface area contributed by atoms with Crippen LogP contribution in [-0.4, -0.2) is 118 Å². The Morgan fingerprint density at radius 3 is 1.38 bits per heavy atom. The summed E-state index contributed by atoms with van der Waals surface area (Å²) in [5, 5.41) is 45.2. The van der Waals surface area contributed by atoms with E-state index in [4.69, 9.17) is 25.5 Å². The van der Waals surface area contributed by atoms with Crippen LogP contribution in [0.4, 0.5) is 0 Å². The third-order valence-electron chi connectivity index (χ3n) is 3.40. The van der Waals surface area contributed by atoms with Crippen LogP contribution in [0.5, 0.6) is 0 Å². The van der Waals surface area contributed by atoms with Gasteiger partial charge in [0.15, 0.2) is 12.6 Å². The smallest absolute Gasteiger partial charge is 0.317 e. The number of aliphatic hydroxyl groups excluding tert-OH is 2. The van der Waals surface area contributed by atoms with E-state index < -0.39 is 18.5 Å². The van der Waals surface area contributed by atoms with E-state index in [0.29, 0.717) is 39.3 Å². The molecule has 0 aromatic heterocycles. The summed E-state index contributed by atoms with van der Waals surface area (Å²) in [6, 6.07) is 0. The van der Waals surface area contributed by atoms with Gasteiger partial charge in [0.2, 0.25) is 0 Å². The SMILES string of the molecule is O=C(O)CN1CCN(CC(O)O)CCN(CC(O)O)CC1. The summed E-state index contributed by atoms with van der Waals surface area (Å²) in [5.74, 6) is -0.920. The molecule has 0 aromatic carbocycles. The molecule has 124 valence electrons. The molecule has 21 heavy (non-hydrogen) atoms. The summed E-state index contributed by atoms with van der Waals surface area (Å²) in [6.45, 7) is 3.23. The maximum absolute atomic E-state index is 10.8. The van der Waals surface area contributed by atoms with Gasteiger partial charge >= 0.3 is 5.97 Å². The molecule has 0 saturated carbocycles. The topological polar surface area (TPSA) is 128 Å². The second-order valence-corrected chi connectivity index (χ2v) is 5.23. The lowest BCUT2D eigenvalue weighted by Crippen LogP contribution is -2.41. The van der Waals surface area contributed by atoms with E-state index in [1.807, 2.05) is 9.80 Å². The van der Waals surface area contributed by atoms with Crippen molar-refractivity contribution in [3.63, 3.8) is 0 Å². The zero-order chi connectivity index (χ0) is 15.8. The minimum atomic E-state index is -1.45. The molecule has 1 saturated heterocycles. The van der Waals surface area contributed by atoms with Crippen molar-refractivity contribution < 1.29 is 30.3 Å². The second kappa shape index (κ2) is 9.26. The van der Waals surface area contributed by atoms with Crippen LogP contribution in [0.15, 0.2) is 0 Å². The molecule has 0 unspecified atom stereocenters. The quantitative estimate of drug-likeness (QED) is 0.319. The highest BCUT2D eigenvalue weighted by Crippen LogP contribution is 2.02. The van der Waals surface area contributed by atoms with E-state index in [1.165, 1.54) is 0 Å². The zero-order valence-corrected chi connectivity index (χ0v) is 12.0. The highest BCUT2D eigenvalue weighted by Gasteiger charge is 2.19. The fourth-order valence-electron chi connectivity index (χ4n) is 2.36. The lowest BCUT2D eigenvalue weighted by Gasteiger charge is -2.26. The van der Waals surface area contributed by atoms with Gasteiger partial charge in [0.1, 0.15) is 0 Å². The number of hydrogen-bond donors (Lipinski definition) is 5. The van der Waals surface area contributed by atoms with E-state index in [2.05, 4.69) is 0 Å². The summed E-state index contributed by atoms with van der Waals surface area (Å²) in [5.41, 5.74) is 0. The molecular weight excluding hydrogens is 282 g/mol. The summed E-state index contributed by atoms with van der Waals surface area (Å²) in [6.07, 6.45) is -2.90. The standard InChI is InChI=1S/C12H25N3O6/c16-10(17)7-13-1-2-14(8-11(18)19)5-6-15(4-3-13)9-12(20)21/h10-11,16-19H,1-9H2,(H,20,21). The molecule has 9 nitrogen and oxygen atoms in total. The van der Waals surface area contributed by atoms with E-state index in [9.17, 15) is 4.79 Å². The van der Waals surface area contributed by atoms with Crippen LogP contribution in [0, 0.1) is 0 Å². The van der Waals surface area contributed by atoms with Crippen LogP contribution >= 0.6 is 0 Å². The molecular formula is C12H25N3O6. The Balaban J connectivity index is 2.64. The van der Waals surface area contributed by atoms with Gasteiger partial charge in [-0.05, 0) is 0 Å². The highest BCUT2D eigenvalue weighted by atomic mass is 16.5. The largest absolute Gasteiger partial charge is 0.480 e. The summed E-state index contributed by atoms with van der Waals surface area (Å²) in [7, 11) is 0. The first-order chi connectivity index (χ1) is 9.86. The summed E-state index contributed by atoms with van der Waals surface area (Å²) < 4.78 is 0. The molecule has 0 spiro atoms. The predicted molar refractivity (Wildman–Crippen MR) is 73.4 cm³/mol. The first-order valence-electron chi connectivity index (χ1n) is 6.98. The molecule has 0 amide bonds. The van der Waals surface area contributed by atoms with Gasteiger partial charge in [0, 0.05) is 52.4 Å². The van der Waals surface area contributed by atoms with Crippen LogP contribution in [0.25, 0.3) is 0 Å². The van der Waals surface area contributed by atoms with Gasteiger partial charge in [-0.1, -0.05) is 0 Å². The van der Waals surface area contributed by atoms with Crippen LogP contribution in [-0.2, 0) is 4.79 Å². The van der Waals surface area contributed by atoms with E-state index in [1.54, 1.807) is 4.90 Å². The Labute approximate surface area is 123 Å². The van der Waals surface area contributed by atoms with Crippen molar-refractivity contribution in [2.45, 2.75) is 12.6 Å². The number of rotatable bonds is 6. The number of carboxylic acids is 1. The fraction of sp³-hybridized carbons (Fsp3) is 0.917. The van der Waals surface area contributed by atoms with Gasteiger partial charge < -0.3 is 25.5 Å². The second-order valence-electron chi connectivity index (χ2n) is 5.23. The minimum absolute atomic E-state index is 0.0798. The van der Waals surface area contributed by atoms with Gasteiger partial charge in [0.05, 0.1) is 6.54 Å². The molecule has 1 aliphatic heterocycles. The van der Waals surface area contributed by atoms with Crippen molar-refractivity contribution in [3.05, 3.63) is 0 Å². The number of aliphatic hydroxyl groups is 4. The molecule has 0 radical (unpaired) electrons. The molecule has 0 aromatic rings. The Morgan fingerprint density at radius 2 is 1.10 bits per heavy atom. The zero-order valence-electron chi connectivity index (χ0n) is 12.0. The lowest BCUT2D eigenvalue weighted by molar-refractivity contribution is -0.138. The van der Waals surface area contributed by atoms with Crippen molar-refractivity contribution in [1.82, 2.24) is 14.7 Å². The van der Waals surface area contributed by atoms with Gasteiger partial charge in [-0.3, -0.25) is 19.5 Å². The van der Waals surface area contributed by atoms with Gasteiger partial charge in [-0.25, -0.2) is 0 Å². The van der Waals surface area contributed by atoms with Gasteiger partial charge in [-0.15, -0.1) is 0 Å². The van der Waals surface area contributed by atoms with Crippen molar-refractivity contribution in [1.29, 1.82) is 0 Å². The molecule has 5 N–H and O–H groups in total. The van der Waals surface area contributed by atoms with Crippen LogP contribution in [0.2, 0.25) is 0 Å². The number of carbonyl (C=O) groups is 1. The maximum atomic E-state index is 10.8. The molecule has 0 atom stereocenters. The Morgan fingerprint density at radius 1 is 0.762 bits per heavy atom. The first-order valence-corrected chi connectivity index (χ1v) is 6.98. The van der Waals surface area contributed by atoms with Crippen LogP contribution < -0.4 is 0 Å². The molecule has 0 aliphatic carbocycles. The summed E-state index contributed by atoms with van der Waals surface area (Å²) in [4.78, 5) is 16.2. The monoisotopic (exact) mass is 307 g/mol. The van der Waals surface area contributed by atoms with Crippen LogP contribution in [0.1, 0.15) is 0 Å². The Bertz CT molecular complexity index is 293. The molecule has 1 heterocycles. The third-order valence-corrected chi connectivity index (χ3v) is 3.40. The van der Waals surface area contributed by atoms with Gasteiger partial charge in [0.25, 0.3) is 0 Å². The van der Waals surface area contributed by atoms with E-state index in [-0.39, 0.29) is 19.6 Å². The van der Waals surface area contributed by atoms with Gasteiger partial charge in [-0.2, -0.15) is 0 Å². The van der Waals surface area contributed by atoms with E-state index in [0.717, 1.165) is 0 Å². The van der Waals surface area contributed by atoms with Crippen molar-refractivity contribution in [2.24, 2.45) is 0 Å². The average Bonchev–Trinajstić information content (AvgIpc) is 2.42. The molecule has 1 aliphatic rings. The number of nitrogens with zero attached hydrogens (tertiary/aromatic N) is 3. The fourth-order valence-corrected chi connectivity index (χ4v) is 2.36. The number of carboxylic acid groups (broad SMARTS) is 1. The summed E-state index contributed by atoms with van der Waals surface area (Å²) >= 11 is 0. The average molecular weight is 307 g/mol. The van der Waals surface area contributed by atoms with E-state index >= 15 is 0 Å². The Kier molecular flexibility index (Phi) is 8.04. The lowest BCUT2D eigenvalue weighted by atomic mass is 10.4. The molecule has 0 bridgehead atoms. The van der Waals surface area contributed by atoms with Crippen molar-refractivity contribution >= 4 is 5.97 Å². The Hall–Kier alpha value is -0.810.